The van der Waals surface area contributed by atoms with E-state index in [-0.39, 0.29) is 83.6 Å². The quantitative estimate of drug-likeness (QED) is 0.242. The number of hydrogen-bond donors (Lipinski definition) is 1. The molecule has 3 aliphatic heterocycles. The van der Waals surface area contributed by atoms with E-state index in [2.05, 4.69) is 27.9 Å². The van der Waals surface area contributed by atoms with Gasteiger partial charge in [0.15, 0.2) is 5.82 Å². The topological polar surface area (TPSA) is 135 Å². The number of amides is 1. The number of halogens is 3. The van der Waals surface area contributed by atoms with Gasteiger partial charge in [-0.1, -0.05) is 17.7 Å². The third-order valence-electron chi connectivity index (χ3n) is 11.1. The number of aromatic nitrogens is 2. The van der Waals surface area contributed by atoms with Crippen LogP contribution in [0, 0.1) is 51.5 Å². The van der Waals surface area contributed by atoms with Crippen LogP contribution in [0.4, 0.5) is 19.6 Å². The van der Waals surface area contributed by atoms with Gasteiger partial charge in [0.2, 0.25) is 5.91 Å². The molecule has 3 saturated heterocycles. The van der Waals surface area contributed by atoms with Gasteiger partial charge >= 0.3 is 6.01 Å². The van der Waals surface area contributed by atoms with Crippen LogP contribution in [0.25, 0.3) is 32.1 Å². The number of nitrogens with zero attached hydrogens (tertiary/aromatic N) is 7. The van der Waals surface area contributed by atoms with Crippen molar-refractivity contribution in [2.24, 2.45) is 17.3 Å². The van der Waals surface area contributed by atoms with Crippen LogP contribution in [-0.2, 0) is 4.79 Å². The first kappa shape index (κ1) is 32.9. The number of likely N-dealkylation sites (tertiary alicyclic amines) is 2. The minimum Gasteiger partial charge on any atom is -0.459 e. The highest BCUT2D eigenvalue weighted by atomic mass is 35.5. The van der Waals surface area contributed by atoms with Gasteiger partial charge in [-0.15, -0.1) is 11.3 Å². The lowest BCUT2D eigenvalue weighted by Crippen LogP contribution is -2.64. The van der Waals surface area contributed by atoms with Gasteiger partial charge in [-0.3, -0.25) is 9.69 Å². The maximum atomic E-state index is 17.1. The molecular formula is C36H35ClF2N8O2S. The fourth-order valence-electron chi connectivity index (χ4n) is 8.39. The van der Waals surface area contributed by atoms with Crippen LogP contribution in [0.3, 0.4) is 0 Å². The predicted octanol–water partition coefficient (Wildman–Crippen LogP) is 6.35. The number of ether oxygens (including phenoxy) is 1. The summed E-state index contributed by atoms with van der Waals surface area (Å²) in [5.74, 6) is -1.14. The fourth-order valence-corrected chi connectivity index (χ4v) is 9.64. The summed E-state index contributed by atoms with van der Waals surface area (Å²) in [7, 11) is 2.05. The first-order valence-electron chi connectivity index (χ1n) is 16.9. The third-order valence-corrected chi connectivity index (χ3v) is 12.4. The number of carbonyl (C=O) groups excluding carboxylic acids is 1. The second-order valence-electron chi connectivity index (χ2n) is 14.3. The second kappa shape index (κ2) is 12.2. The molecule has 1 saturated carbocycles. The number of rotatable bonds is 6. The SMILES string of the molecule is CC(Oc1nc(N2CCCC3(CN(C(=O)[C@@H]4C[C@H]4C#N)C3)C2)c2cc(Cl)c(-c3ccc(F)c4sc(N)c(C#N)c34)c(F)c2n1)[C@@H]1CCCN1C. The summed E-state index contributed by atoms with van der Waals surface area (Å²) >= 11 is 7.84. The van der Waals surface area contributed by atoms with Crippen LogP contribution >= 0.6 is 22.9 Å². The zero-order valence-corrected chi connectivity index (χ0v) is 29.3. The maximum Gasteiger partial charge on any atom is 0.319 e. The van der Waals surface area contributed by atoms with Gasteiger partial charge in [-0.2, -0.15) is 20.5 Å². The Balaban J connectivity index is 1.21. The second-order valence-corrected chi connectivity index (χ2v) is 15.8. The number of anilines is 2. The third kappa shape index (κ3) is 5.29. The number of nitrogen functional groups attached to an aromatic ring is 1. The number of piperidine rings is 1. The van der Waals surface area contributed by atoms with Crippen molar-refractivity contribution in [1.82, 2.24) is 19.8 Å². The number of carbonyl (C=O) groups is 1. The maximum absolute atomic E-state index is 17.1. The Bertz CT molecular complexity index is 2160. The van der Waals surface area contributed by atoms with Crippen molar-refractivity contribution in [3.05, 3.63) is 40.4 Å². The average Bonchev–Trinajstić information content (AvgIpc) is 3.62. The molecule has 1 unspecified atom stereocenters. The molecule has 4 fully saturated rings. The van der Waals surface area contributed by atoms with E-state index in [9.17, 15) is 19.7 Å². The molecule has 0 bridgehead atoms. The van der Waals surface area contributed by atoms with Gasteiger partial charge in [0.1, 0.15) is 34.3 Å². The van der Waals surface area contributed by atoms with E-state index in [1.165, 1.54) is 12.1 Å². The van der Waals surface area contributed by atoms with Crippen LogP contribution in [-0.4, -0.2) is 77.6 Å². The van der Waals surface area contributed by atoms with E-state index in [1.807, 2.05) is 17.9 Å². The lowest BCUT2D eigenvalue weighted by atomic mass is 9.73. The summed E-state index contributed by atoms with van der Waals surface area (Å²) in [6, 6.07) is 8.70. The Hall–Kier alpha value is -4.30. The summed E-state index contributed by atoms with van der Waals surface area (Å²) < 4.78 is 38.6. The van der Waals surface area contributed by atoms with E-state index in [4.69, 9.17) is 27.1 Å². The van der Waals surface area contributed by atoms with Crippen LogP contribution in [0.2, 0.25) is 5.02 Å². The molecule has 14 heteroatoms. The summed E-state index contributed by atoms with van der Waals surface area (Å²) in [5.41, 5.74) is 6.22. The Morgan fingerprint density at radius 2 is 2.00 bits per heavy atom. The summed E-state index contributed by atoms with van der Waals surface area (Å²) in [5, 5.41) is 19.9. The summed E-state index contributed by atoms with van der Waals surface area (Å²) in [6.07, 6.45) is 4.14. The molecule has 258 valence electrons. The number of hydrogen-bond acceptors (Lipinski definition) is 10. The number of fused-ring (bicyclic) bond motifs is 2. The number of thiophene rings is 1. The Labute approximate surface area is 297 Å². The number of likely N-dealkylation sites (N-methyl/N-ethyl adjacent to an activating group) is 1. The largest absolute Gasteiger partial charge is 0.459 e. The van der Waals surface area contributed by atoms with Crippen LogP contribution in [0.15, 0.2) is 18.2 Å². The average molecular weight is 717 g/mol. The minimum absolute atomic E-state index is 0.00289. The van der Waals surface area contributed by atoms with Crippen molar-refractivity contribution in [2.75, 3.05) is 50.4 Å². The van der Waals surface area contributed by atoms with Crippen LogP contribution in [0.1, 0.15) is 44.6 Å². The summed E-state index contributed by atoms with van der Waals surface area (Å²) in [4.78, 5) is 28.7. The smallest absolute Gasteiger partial charge is 0.319 e. The predicted molar refractivity (Wildman–Crippen MR) is 188 cm³/mol. The highest BCUT2D eigenvalue weighted by Gasteiger charge is 2.53. The number of benzene rings is 2. The van der Waals surface area contributed by atoms with Crippen molar-refractivity contribution in [3.8, 4) is 29.3 Å². The zero-order valence-electron chi connectivity index (χ0n) is 27.7. The van der Waals surface area contributed by atoms with Crippen molar-refractivity contribution in [3.63, 3.8) is 0 Å². The molecule has 5 heterocycles. The van der Waals surface area contributed by atoms with Gasteiger partial charge in [0.25, 0.3) is 0 Å². The van der Waals surface area contributed by atoms with E-state index in [0.29, 0.717) is 43.8 Å². The van der Waals surface area contributed by atoms with Crippen molar-refractivity contribution in [1.29, 1.82) is 10.5 Å². The first-order valence-corrected chi connectivity index (χ1v) is 18.1. The van der Waals surface area contributed by atoms with Crippen molar-refractivity contribution >= 4 is 60.7 Å². The van der Waals surface area contributed by atoms with Gasteiger partial charge in [0, 0.05) is 54.0 Å². The lowest BCUT2D eigenvalue weighted by Gasteiger charge is -2.55. The number of nitriles is 2. The highest BCUT2D eigenvalue weighted by molar-refractivity contribution is 7.23. The van der Waals surface area contributed by atoms with Crippen LogP contribution in [0.5, 0.6) is 6.01 Å². The van der Waals surface area contributed by atoms with Gasteiger partial charge < -0.3 is 20.3 Å². The van der Waals surface area contributed by atoms with E-state index < -0.39 is 11.6 Å². The molecule has 4 atom stereocenters. The van der Waals surface area contributed by atoms with Crippen LogP contribution < -0.4 is 15.4 Å². The minimum atomic E-state index is -0.739. The number of nitrogens with two attached hydrogens (primary N) is 1. The molecule has 1 spiro atoms. The molecule has 1 amide bonds. The molecule has 4 aliphatic rings. The molecule has 10 nitrogen and oxygen atoms in total. The molecular weight excluding hydrogens is 682 g/mol. The molecule has 2 N–H and O–H groups in total. The van der Waals surface area contributed by atoms with Crippen molar-refractivity contribution in [2.45, 2.75) is 51.2 Å². The van der Waals surface area contributed by atoms with E-state index >= 15 is 4.39 Å². The molecule has 8 rings (SSSR count). The van der Waals surface area contributed by atoms with Crippen molar-refractivity contribution < 1.29 is 18.3 Å². The summed E-state index contributed by atoms with van der Waals surface area (Å²) in [6.45, 7) is 5.36. The molecule has 1 aliphatic carbocycles. The fraction of sp³-hybridized carbons (Fsp3) is 0.472. The van der Waals surface area contributed by atoms with E-state index in [0.717, 1.165) is 43.6 Å². The zero-order chi connectivity index (χ0) is 35.1. The Morgan fingerprint density at radius 3 is 2.70 bits per heavy atom. The standard InChI is InChI=1S/C36H35ClF2N8O2S/c1-18(26-5-3-9-45(26)2)49-35-43-30-22(12-24(37)28(29(30)39)20-6-7-25(38)31-27(20)23(14-41)32(42)50-31)33(44-35)46-10-4-8-36(15-46)16-47(17-36)34(48)21-11-19(21)13-40/h6-7,12,18-19,21,26H,3-5,8-11,15-17,42H2,1-2H3/t18?,19-,21+,26-/m0/s1. The first-order chi connectivity index (χ1) is 24.0. The van der Waals surface area contributed by atoms with Gasteiger partial charge in [0.05, 0.1) is 33.2 Å². The molecule has 2 aromatic heterocycles. The Kier molecular flexibility index (Phi) is 8.01. The molecule has 0 radical (unpaired) electrons. The Morgan fingerprint density at radius 1 is 1.20 bits per heavy atom. The molecule has 2 aromatic carbocycles. The normalized spacial score (nSPS) is 23.5. The van der Waals surface area contributed by atoms with Gasteiger partial charge in [-0.25, -0.2) is 8.78 Å². The monoisotopic (exact) mass is 716 g/mol. The van der Waals surface area contributed by atoms with E-state index in [1.54, 1.807) is 6.07 Å². The molecule has 50 heavy (non-hydrogen) atoms. The molecule has 4 aromatic rings. The van der Waals surface area contributed by atoms with Gasteiger partial charge in [-0.05, 0) is 70.3 Å². The lowest BCUT2D eigenvalue weighted by molar-refractivity contribution is -0.145. The highest BCUT2D eigenvalue weighted by Crippen LogP contribution is 2.48.